The Morgan fingerprint density at radius 1 is 1.27 bits per heavy atom. The van der Waals surface area contributed by atoms with E-state index in [9.17, 15) is 24.9 Å². The summed E-state index contributed by atoms with van der Waals surface area (Å²) >= 11 is 0. The van der Waals surface area contributed by atoms with Crippen molar-refractivity contribution in [3.63, 3.8) is 0 Å². The predicted octanol–water partition coefficient (Wildman–Crippen LogP) is 2.44. The molecule has 2 aliphatic rings. The summed E-state index contributed by atoms with van der Waals surface area (Å²) in [7, 11) is 0. The van der Waals surface area contributed by atoms with Gasteiger partial charge < -0.3 is 25.2 Å². The second kappa shape index (κ2) is 11.1. The van der Waals surface area contributed by atoms with Crippen molar-refractivity contribution in [2.75, 3.05) is 0 Å². The minimum Gasteiger partial charge on any atom is -0.481 e. The highest BCUT2D eigenvalue weighted by Crippen LogP contribution is 2.44. The van der Waals surface area contributed by atoms with Crippen LogP contribution in [0.5, 0.6) is 0 Å². The fourth-order valence-electron chi connectivity index (χ4n) is 4.52. The molecule has 0 aromatic rings. The van der Waals surface area contributed by atoms with Crippen molar-refractivity contribution >= 4 is 11.9 Å². The highest BCUT2D eigenvalue weighted by Gasteiger charge is 2.42. The van der Waals surface area contributed by atoms with Gasteiger partial charge in [0.1, 0.15) is 6.10 Å². The van der Waals surface area contributed by atoms with E-state index >= 15 is 0 Å². The largest absolute Gasteiger partial charge is 0.481 e. The Bertz CT molecular complexity index is 656. The second-order valence-corrected chi connectivity index (χ2v) is 8.88. The van der Waals surface area contributed by atoms with Crippen LogP contribution in [0.2, 0.25) is 0 Å². The van der Waals surface area contributed by atoms with Crippen molar-refractivity contribution in [1.29, 1.82) is 0 Å². The van der Waals surface area contributed by atoms with E-state index in [1.807, 2.05) is 26.0 Å². The lowest BCUT2D eigenvalue weighted by Crippen LogP contribution is -2.43. The number of aliphatic carboxylic acids is 1. The molecule has 0 fully saturated rings. The molecule has 2 rings (SSSR count). The van der Waals surface area contributed by atoms with Gasteiger partial charge in [0.25, 0.3) is 0 Å². The number of carboxylic acids is 1. The SMILES string of the molecule is CC[C@H](C)C(=O)O[C@@H]1C[C@H](O)C=C2C=C[C@H](C)[C@H](CC[C@@H](O)C[C@@H](O)CC(=O)O)[C@H]21. The molecule has 0 saturated carbocycles. The molecule has 0 bridgehead atoms. The highest BCUT2D eigenvalue weighted by atomic mass is 16.5. The van der Waals surface area contributed by atoms with E-state index in [0.29, 0.717) is 25.7 Å². The molecule has 0 heterocycles. The van der Waals surface area contributed by atoms with Gasteiger partial charge >= 0.3 is 11.9 Å². The molecule has 7 nitrogen and oxygen atoms in total. The third kappa shape index (κ3) is 6.65. The average molecular weight is 425 g/mol. The van der Waals surface area contributed by atoms with Crippen LogP contribution < -0.4 is 0 Å². The van der Waals surface area contributed by atoms with Gasteiger partial charge in [0, 0.05) is 12.3 Å². The van der Waals surface area contributed by atoms with E-state index in [2.05, 4.69) is 13.0 Å². The Labute approximate surface area is 178 Å². The van der Waals surface area contributed by atoms with E-state index in [0.717, 1.165) is 5.57 Å². The molecule has 8 atom stereocenters. The second-order valence-electron chi connectivity index (χ2n) is 8.88. The molecule has 0 radical (unpaired) electrons. The molecule has 0 unspecified atom stereocenters. The van der Waals surface area contributed by atoms with Crippen LogP contribution in [0.3, 0.4) is 0 Å². The quantitative estimate of drug-likeness (QED) is 0.397. The van der Waals surface area contributed by atoms with Gasteiger partial charge in [-0.1, -0.05) is 39.0 Å². The van der Waals surface area contributed by atoms with Crippen molar-refractivity contribution in [2.24, 2.45) is 23.7 Å². The van der Waals surface area contributed by atoms with E-state index in [1.165, 1.54) is 0 Å². The molecule has 0 saturated heterocycles. The molecular weight excluding hydrogens is 388 g/mol. The molecule has 4 N–H and O–H groups in total. The Morgan fingerprint density at radius 3 is 2.60 bits per heavy atom. The maximum absolute atomic E-state index is 12.4. The summed E-state index contributed by atoms with van der Waals surface area (Å²) in [5.41, 5.74) is 0.958. The molecule has 0 aromatic carbocycles. The van der Waals surface area contributed by atoms with Crippen molar-refractivity contribution in [2.45, 2.75) is 83.7 Å². The number of carbonyl (C=O) groups excluding carboxylic acids is 1. The van der Waals surface area contributed by atoms with Gasteiger partial charge in [-0.3, -0.25) is 9.59 Å². The summed E-state index contributed by atoms with van der Waals surface area (Å²) in [4.78, 5) is 23.1. The molecule has 0 spiro atoms. The van der Waals surface area contributed by atoms with E-state index in [1.54, 1.807) is 0 Å². The topological polar surface area (TPSA) is 124 Å². The Hall–Kier alpha value is -1.70. The summed E-state index contributed by atoms with van der Waals surface area (Å²) < 4.78 is 5.84. The average Bonchev–Trinajstić information content (AvgIpc) is 2.65. The van der Waals surface area contributed by atoms with Crippen LogP contribution in [-0.4, -0.2) is 56.8 Å². The summed E-state index contributed by atoms with van der Waals surface area (Å²) in [5, 5.41) is 39.1. The first-order valence-electron chi connectivity index (χ1n) is 11.0. The first-order valence-corrected chi connectivity index (χ1v) is 11.0. The monoisotopic (exact) mass is 424 g/mol. The van der Waals surface area contributed by atoms with Gasteiger partial charge in [0.2, 0.25) is 0 Å². The smallest absolute Gasteiger partial charge is 0.308 e. The van der Waals surface area contributed by atoms with Crippen molar-refractivity contribution < 1.29 is 34.8 Å². The Morgan fingerprint density at radius 2 is 1.97 bits per heavy atom. The highest BCUT2D eigenvalue weighted by molar-refractivity contribution is 5.72. The molecule has 170 valence electrons. The molecule has 0 aromatic heterocycles. The van der Waals surface area contributed by atoms with Crippen molar-refractivity contribution in [3.8, 4) is 0 Å². The molecule has 0 aliphatic heterocycles. The van der Waals surface area contributed by atoms with E-state index in [-0.39, 0.29) is 42.5 Å². The number of carbonyl (C=O) groups is 2. The van der Waals surface area contributed by atoms with Crippen molar-refractivity contribution in [3.05, 3.63) is 23.8 Å². The standard InChI is InChI=1S/C23H36O7/c1-4-13(2)23(29)30-20-11-17(25)9-15-6-5-14(3)19(22(15)20)8-7-16(24)10-18(26)12-21(27)28/h5-6,9,13-14,16-20,22,24-26H,4,7-8,10-12H2,1-3H3,(H,27,28)/t13-,14-,16+,17+,18+,19-,20+,22-/m0/s1. The molecular formula is C23H36O7. The number of aliphatic hydroxyl groups is 3. The number of esters is 1. The molecule has 30 heavy (non-hydrogen) atoms. The molecule has 2 aliphatic carbocycles. The maximum Gasteiger partial charge on any atom is 0.308 e. The normalized spacial score (nSPS) is 31.3. The summed E-state index contributed by atoms with van der Waals surface area (Å²) in [6.45, 7) is 5.85. The minimum atomic E-state index is -1.10. The zero-order valence-electron chi connectivity index (χ0n) is 18.1. The lowest BCUT2D eigenvalue weighted by molar-refractivity contribution is -0.159. The number of fused-ring (bicyclic) bond motifs is 1. The third-order valence-electron chi connectivity index (χ3n) is 6.44. The summed E-state index contributed by atoms with van der Waals surface area (Å²) in [6, 6.07) is 0. The summed E-state index contributed by atoms with van der Waals surface area (Å²) in [5.74, 6) is -1.31. The Kier molecular flexibility index (Phi) is 9.07. The number of ether oxygens (including phenoxy) is 1. The van der Waals surface area contributed by atoms with Crippen LogP contribution in [0, 0.1) is 23.7 Å². The number of carboxylic acid groups (broad SMARTS) is 1. The van der Waals surface area contributed by atoms with Crippen LogP contribution in [0.25, 0.3) is 0 Å². The van der Waals surface area contributed by atoms with Crippen molar-refractivity contribution in [1.82, 2.24) is 0 Å². The van der Waals surface area contributed by atoms with Gasteiger partial charge in [-0.25, -0.2) is 0 Å². The number of hydrogen-bond donors (Lipinski definition) is 4. The maximum atomic E-state index is 12.4. The third-order valence-corrected chi connectivity index (χ3v) is 6.44. The zero-order chi connectivity index (χ0) is 22.4. The van der Waals surface area contributed by atoms with Crippen LogP contribution in [0.1, 0.15) is 59.3 Å². The van der Waals surface area contributed by atoms with Crippen LogP contribution in [-0.2, 0) is 14.3 Å². The molecule has 0 amide bonds. The molecule has 7 heteroatoms. The number of hydrogen-bond acceptors (Lipinski definition) is 6. The summed E-state index contributed by atoms with van der Waals surface area (Å²) in [6.07, 6.45) is 4.64. The fraction of sp³-hybridized carbons (Fsp3) is 0.739. The van der Waals surface area contributed by atoms with Gasteiger partial charge in [0.05, 0.1) is 30.7 Å². The lowest BCUT2D eigenvalue weighted by atomic mass is 9.66. The van der Waals surface area contributed by atoms with Crippen LogP contribution in [0.15, 0.2) is 23.8 Å². The van der Waals surface area contributed by atoms with Crippen LogP contribution in [0.4, 0.5) is 0 Å². The van der Waals surface area contributed by atoms with Crippen LogP contribution >= 0.6 is 0 Å². The van der Waals surface area contributed by atoms with Gasteiger partial charge in [-0.15, -0.1) is 0 Å². The predicted molar refractivity (Wildman–Crippen MR) is 111 cm³/mol. The van der Waals surface area contributed by atoms with E-state index < -0.39 is 30.4 Å². The first-order chi connectivity index (χ1) is 14.1. The van der Waals surface area contributed by atoms with E-state index in [4.69, 9.17) is 9.84 Å². The zero-order valence-corrected chi connectivity index (χ0v) is 18.1. The number of rotatable bonds is 10. The van der Waals surface area contributed by atoms with Gasteiger partial charge in [-0.05, 0) is 43.1 Å². The number of allylic oxidation sites excluding steroid dienone is 2. The first kappa shape index (κ1) is 24.6. The van der Waals surface area contributed by atoms with Gasteiger partial charge in [0.15, 0.2) is 0 Å². The number of aliphatic hydroxyl groups excluding tert-OH is 3. The van der Waals surface area contributed by atoms with Gasteiger partial charge in [-0.2, -0.15) is 0 Å². The fourth-order valence-corrected chi connectivity index (χ4v) is 4.52. The minimum absolute atomic E-state index is 0.0156. The lowest BCUT2D eigenvalue weighted by Gasteiger charge is -2.43. The Balaban J connectivity index is 2.09.